The molecule has 3 aromatic rings. The second-order valence-corrected chi connectivity index (χ2v) is 7.26. The van der Waals surface area contributed by atoms with Crippen molar-refractivity contribution in [2.75, 3.05) is 39.5 Å². The molecule has 0 unspecified atom stereocenters. The van der Waals surface area contributed by atoms with Gasteiger partial charge in [0, 0.05) is 43.0 Å². The number of H-pyrrole nitrogens is 1. The number of pyridine rings is 1. The van der Waals surface area contributed by atoms with Crippen molar-refractivity contribution in [2.24, 2.45) is 5.73 Å². The van der Waals surface area contributed by atoms with Crippen molar-refractivity contribution in [1.29, 1.82) is 5.26 Å². The maximum absolute atomic E-state index is 11.0. The predicted molar refractivity (Wildman–Crippen MR) is 117 cm³/mol. The van der Waals surface area contributed by atoms with Gasteiger partial charge in [0.2, 0.25) is 0 Å². The summed E-state index contributed by atoms with van der Waals surface area (Å²) in [6, 6.07) is 9.45. The van der Waals surface area contributed by atoms with Gasteiger partial charge >= 0.3 is 0 Å². The number of morpholine rings is 1. The molecule has 1 aromatic carbocycles. The molecule has 31 heavy (non-hydrogen) atoms. The Morgan fingerprint density at radius 3 is 2.97 bits per heavy atom. The number of carbonyl (C=O) groups is 1. The Labute approximate surface area is 179 Å². The molecule has 0 bridgehead atoms. The summed E-state index contributed by atoms with van der Waals surface area (Å²) in [6.07, 6.45) is 7.92. The molecule has 4 rings (SSSR count). The van der Waals surface area contributed by atoms with E-state index in [0.717, 1.165) is 60.6 Å². The number of nitriles is 1. The van der Waals surface area contributed by atoms with Gasteiger partial charge in [-0.2, -0.15) is 5.26 Å². The average Bonchev–Trinajstić information content (AvgIpc) is 3.21. The fourth-order valence-electron chi connectivity index (χ4n) is 3.53. The van der Waals surface area contributed by atoms with Crippen molar-refractivity contribution in [2.45, 2.75) is 0 Å². The van der Waals surface area contributed by atoms with Gasteiger partial charge in [-0.1, -0.05) is 18.2 Å². The molecular formula is C23H23N5O3. The van der Waals surface area contributed by atoms with E-state index in [9.17, 15) is 10.1 Å². The van der Waals surface area contributed by atoms with Crippen LogP contribution in [0.25, 0.3) is 28.2 Å². The maximum Gasteiger partial charge on any atom is 0.255 e. The van der Waals surface area contributed by atoms with E-state index in [1.165, 1.54) is 0 Å². The lowest BCUT2D eigenvalue weighted by Crippen LogP contribution is -2.36. The molecule has 8 nitrogen and oxygen atoms in total. The highest BCUT2D eigenvalue weighted by molar-refractivity contribution is 5.95. The minimum Gasteiger partial charge on any atom is -0.482 e. The molecule has 0 atom stereocenters. The second-order valence-electron chi connectivity index (χ2n) is 7.26. The van der Waals surface area contributed by atoms with E-state index in [4.69, 9.17) is 15.2 Å². The topological polar surface area (TPSA) is 117 Å². The quantitative estimate of drug-likeness (QED) is 0.609. The Hall–Kier alpha value is -3.67. The van der Waals surface area contributed by atoms with Crippen LogP contribution in [-0.4, -0.2) is 60.2 Å². The number of primary amides is 1. The maximum atomic E-state index is 11.0. The van der Waals surface area contributed by atoms with Crippen molar-refractivity contribution in [1.82, 2.24) is 14.9 Å². The van der Waals surface area contributed by atoms with Crippen LogP contribution in [0.15, 0.2) is 42.7 Å². The van der Waals surface area contributed by atoms with Gasteiger partial charge in [0.1, 0.15) is 17.5 Å². The average molecular weight is 417 g/mol. The number of carbonyl (C=O) groups excluding carboxylic acids is 1. The van der Waals surface area contributed by atoms with Crippen LogP contribution in [0, 0.1) is 11.3 Å². The van der Waals surface area contributed by atoms with Gasteiger partial charge in [-0.3, -0.25) is 9.69 Å². The number of hydrogen-bond donors (Lipinski definition) is 2. The molecule has 8 heteroatoms. The number of nitrogens with zero attached hydrogens (tertiary/aromatic N) is 3. The number of rotatable bonds is 7. The monoisotopic (exact) mass is 417 g/mol. The van der Waals surface area contributed by atoms with E-state index in [2.05, 4.69) is 39.2 Å². The minimum atomic E-state index is -0.593. The summed E-state index contributed by atoms with van der Waals surface area (Å²) >= 11 is 0. The first kappa shape index (κ1) is 20.6. The first-order chi connectivity index (χ1) is 15.1. The molecule has 0 spiro atoms. The van der Waals surface area contributed by atoms with Gasteiger partial charge in [-0.05, 0) is 29.3 Å². The fraction of sp³-hybridized carbons (Fsp3) is 0.261. The Kier molecular flexibility index (Phi) is 6.26. The summed E-state index contributed by atoms with van der Waals surface area (Å²) in [5.74, 6) is -0.264. The zero-order valence-corrected chi connectivity index (χ0v) is 17.0. The highest BCUT2D eigenvalue weighted by Gasteiger charge is 2.12. The first-order valence-corrected chi connectivity index (χ1v) is 10.0. The van der Waals surface area contributed by atoms with Crippen molar-refractivity contribution in [3.05, 3.63) is 53.9 Å². The van der Waals surface area contributed by atoms with Crippen molar-refractivity contribution >= 4 is 23.0 Å². The number of nitrogens with one attached hydrogen (secondary N) is 1. The number of hydrogen-bond acceptors (Lipinski definition) is 6. The van der Waals surface area contributed by atoms with Gasteiger partial charge in [0.25, 0.3) is 5.91 Å². The lowest BCUT2D eigenvalue weighted by atomic mass is 10.0. The van der Waals surface area contributed by atoms with Crippen molar-refractivity contribution < 1.29 is 14.3 Å². The molecule has 1 saturated heterocycles. The summed E-state index contributed by atoms with van der Waals surface area (Å²) in [7, 11) is 0. The smallest absolute Gasteiger partial charge is 0.255 e. The van der Waals surface area contributed by atoms with Crippen LogP contribution in [0.5, 0.6) is 5.75 Å². The molecule has 158 valence electrons. The van der Waals surface area contributed by atoms with Gasteiger partial charge in [-0.15, -0.1) is 0 Å². The van der Waals surface area contributed by atoms with E-state index >= 15 is 0 Å². The third-order valence-electron chi connectivity index (χ3n) is 5.11. The Balaban J connectivity index is 1.57. The normalized spacial score (nSPS) is 14.7. The number of ether oxygens (including phenoxy) is 2. The number of fused-ring (bicyclic) bond motifs is 1. The predicted octanol–water partition coefficient (Wildman–Crippen LogP) is 2.31. The standard InChI is InChI=1S/C23H23N5O3/c24-12-18-11-17(3-4-21(18)31-15-22(25)29)20-14-27-23-19(20)10-16(13-26-23)2-1-5-28-6-8-30-9-7-28/h1-4,10-11,13-14H,5-9,15H2,(H2,25,29)(H,26,27)/b2-1+. The second kappa shape index (κ2) is 9.43. The van der Waals surface area contributed by atoms with Crippen LogP contribution in [0.2, 0.25) is 0 Å². The first-order valence-electron chi connectivity index (χ1n) is 10.0. The van der Waals surface area contributed by atoms with Crippen LogP contribution in [0.3, 0.4) is 0 Å². The van der Waals surface area contributed by atoms with Crippen LogP contribution >= 0.6 is 0 Å². The van der Waals surface area contributed by atoms with E-state index in [1.54, 1.807) is 12.1 Å². The van der Waals surface area contributed by atoms with E-state index < -0.39 is 5.91 Å². The Morgan fingerprint density at radius 2 is 2.19 bits per heavy atom. The van der Waals surface area contributed by atoms with Crippen LogP contribution in [0.1, 0.15) is 11.1 Å². The van der Waals surface area contributed by atoms with E-state index in [1.807, 2.05) is 18.5 Å². The molecule has 1 amide bonds. The third-order valence-corrected chi connectivity index (χ3v) is 5.11. The number of aromatic nitrogens is 2. The van der Waals surface area contributed by atoms with Gasteiger partial charge in [0.15, 0.2) is 6.61 Å². The SMILES string of the molecule is N#Cc1cc(-c2c[nH]c3ncc(/C=C/CN4CCOCC4)cc23)ccc1OCC(N)=O. The number of amides is 1. The van der Waals surface area contributed by atoms with Crippen LogP contribution in [0.4, 0.5) is 0 Å². The summed E-state index contributed by atoms with van der Waals surface area (Å²) in [6.45, 7) is 4.06. The highest BCUT2D eigenvalue weighted by Crippen LogP contribution is 2.31. The largest absolute Gasteiger partial charge is 0.482 e. The van der Waals surface area contributed by atoms with Crippen molar-refractivity contribution in [3.63, 3.8) is 0 Å². The number of nitrogens with two attached hydrogens (primary N) is 1. The van der Waals surface area contributed by atoms with E-state index in [-0.39, 0.29) is 6.61 Å². The number of aromatic amines is 1. The molecule has 3 N–H and O–H groups in total. The van der Waals surface area contributed by atoms with Crippen LogP contribution in [-0.2, 0) is 9.53 Å². The summed E-state index contributed by atoms with van der Waals surface area (Å²) < 4.78 is 10.7. The summed E-state index contributed by atoms with van der Waals surface area (Å²) in [5.41, 5.74) is 9.02. The van der Waals surface area contributed by atoms with Gasteiger partial charge in [0.05, 0.1) is 18.8 Å². The van der Waals surface area contributed by atoms with E-state index in [0.29, 0.717) is 11.3 Å². The summed E-state index contributed by atoms with van der Waals surface area (Å²) in [4.78, 5) is 21.0. The molecular weight excluding hydrogens is 394 g/mol. The number of benzene rings is 1. The third kappa shape index (κ3) is 4.91. The fourth-order valence-corrected chi connectivity index (χ4v) is 3.53. The lowest BCUT2D eigenvalue weighted by molar-refractivity contribution is -0.119. The zero-order valence-electron chi connectivity index (χ0n) is 17.0. The molecule has 1 aliphatic rings. The molecule has 0 radical (unpaired) electrons. The zero-order chi connectivity index (χ0) is 21.6. The van der Waals surface area contributed by atoms with Crippen LogP contribution < -0.4 is 10.5 Å². The Bertz CT molecular complexity index is 1160. The lowest BCUT2D eigenvalue weighted by Gasteiger charge is -2.25. The molecule has 3 heterocycles. The molecule has 1 aliphatic heterocycles. The minimum absolute atomic E-state index is 0.273. The van der Waals surface area contributed by atoms with Crippen molar-refractivity contribution in [3.8, 4) is 22.9 Å². The Morgan fingerprint density at radius 1 is 1.35 bits per heavy atom. The van der Waals surface area contributed by atoms with Gasteiger partial charge < -0.3 is 20.2 Å². The molecule has 1 fully saturated rings. The molecule has 0 saturated carbocycles. The van der Waals surface area contributed by atoms with Gasteiger partial charge in [-0.25, -0.2) is 4.98 Å². The molecule has 2 aromatic heterocycles. The highest BCUT2D eigenvalue weighted by atomic mass is 16.5. The molecule has 0 aliphatic carbocycles. The summed E-state index contributed by atoms with van der Waals surface area (Å²) in [5, 5.41) is 10.4.